The Bertz CT molecular complexity index is 1290. The smallest absolute Gasteiger partial charge is 0.0459 e. The largest absolute Gasteiger partial charge is 0.358 e. The van der Waals surface area contributed by atoms with Crippen LogP contribution in [0.5, 0.6) is 0 Å². The quantitative estimate of drug-likeness (QED) is 0.288. The van der Waals surface area contributed by atoms with Crippen LogP contribution in [-0.4, -0.2) is 4.98 Å². The highest BCUT2D eigenvalue weighted by atomic mass is 14.9. The zero-order chi connectivity index (χ0) is 21.8. The second-order valence-electron chi connectivity index (χ2n) is 8.39. The Hall–Kier alpha value is -3.62. The maximum absolute atomic E-state index is 3.81. The van der Waals surface area contributed by atoms with E-state index in [4.69, 9.17) is 0 Å². The fraction of sp³-hybridized carbons (Fsp3) is 0.133. The lowest BCUT2D eigenvalue weighted by molar-refractivity contribution is 0.531. The lowest BCUT2D eigenvalue weighted by Crippen LogP contribution is -2.23. The summed E-state index contributed by atoms with van der Waals surface area (Å²) < 4.78 is 0. The van der Waals surface area contributed by atoms with Gasteiger partial charge in [-0.15, -0.1) is 0 Å². The molecule has 5 aromatic rings. The van der Waals surface area contributed by atoms with Crippen molar-refractivity contribution < 1.29 is 0 Å². The normalized spacial score (nSPS) is 12.2. The number of benzene rings is 4. The van der Waals surface area contributed by atoms with Gasteiger partial charge in [0, 0.05) is 29.2 Å². The Kier molecular flexibility index (Phi) is 5.87. The summed E-state index contributed by atoms with van der Waals surface area (Å²) in [6.07, 6.45) is 0.931. The number of aromatic amines is 1. The third-order valence-corrected chi connectivity index (χ3v) is 6.23. The second kappa shape index (κ2) is 9.25. The molecule has 2 heteroatoms. The van der Waals surface area contributed by atoms with E-state index in [1.807, 2.05) is 0 Å². The van der Waals surface area contributed by atoms with Gasteiger partial charge < -0.3 is 10.3 Å². The molecule has 0 bridgehead atoms. The lowest BCUT2D eigenvalue weighted by Gasteiger charge is -2.20. The summed E-state index contributed by atoms with van der Waals surface area (Å²) in [6, 6.07) is 39.0. The van der Waals surface area contributed by atoms with Crippen LogP contribution in [0.3, 0.4) is 0 Å². The molecule has 0 radical (unpaired) electrons. The molecular formula is C30H28N2. The first-order valence-electron chi connectivity index (χ1n) is 11.3. The molecule has 0 fully saturated rings. The van der Waals surface area contributed by atoms with E-state index in [2.05, 4.69) is 126 Å². The summed E-state index contributed by atoms with van der Waals surface area (Å²) in [6.45, 7) is 3.04. The van der Waals surface area contributed by atoms with Crippen LogP contribution in [0.25, 0.3) is 22.0 Å². The van der Waals surface area contributed by atoms with Gasteiger partial charge in [-0.2, -0.15) is 0 Å². The zero-order valence-electron chi connectivity index (χ0n) is 18.4. The molecule has 4 aromatic carbocycles. The molecular weight excluding hydrogens is 388 g/mol. The third-order valence-electron chi connectivity index (χ3n) is 6.23. The molecule has 2 nitrogen and oxygen atoms in total. The minimum atomic E-state index is 0.231. The summed E-state index contributed by atoms with van der Waals surface area (Å²) >= 11 is 0. The van der Waals surface area contributed by atoms with Crippen LogP contribution >= 0.6 is 0 Å². The average Bonchev–Trinajstić information content (AvgIpc) is 3.17. The van der Waals surface area contributed by atoms with Crippen LogP contribution in [-0.2, 0) is 13.0 Å². The summed E-state index contributed by atoms with van der Waals surface area (Å²) in [4.78, 5) is 3.61. The number of fused-ring (bicyclic) bond motifs is 1. The van der Waals surface area contributed by atoms with E-state index in [9.17, 15) is 0 Å². The summed E-state index contributed by atoms with van der Waals surface area (Å²) in [5.41, 5.74) is 8.95. The molecule has 0 saturated carbocycles. The molecule has 0 aliphatic carbocycles. The van der Waals surface area contributed by atoms with Crippen LogP contribution in [0.2, 0.25) is 0 Å². The van der Waals surface area contributed by atoms with Crippen molar-refractivity contribution in [2.75, 3.05) is 0 Å². The van der Waals surface area contributed by atoms with Gasteiger partial charge in [-0.1, -0.05) is 97.1 Å². The van der Waals surface area contributed by atoms with Crippen molar-refractivity contribution in [3.8, 4) is 11.1 Å². The number of aromatic nitrogens is 1. The molecule has 0 aliphatic heterocycles. The average molecular weight is 417 g/mol. The zero-order valence-corrected chi connectivity index (χ0v) is 18.4. The van der Waals surface area contributed by atoms with Crippen LogP contribution in [0, 0.1) is 6.92 Å². The highest BCUT2D eigenvalue weighted by Crippen LogP contribution is 2.31. The minimum absolute atomic E-state index is 0.231. The summed E-state index contributed by atoms with van der Waals surface area (Å²) in [5, 5.41) is 5.13. The molecule has 0 saturated heterocycles. The summed E-state index contributed by atoms with van der Waals surface area (Å²) in [5.74, 6) is 0. The predicted molar refractivity (Wildman–Crippen MR) is 135 cm³/mol. The Morgan fingerprint density at radius 2 is 1.38 bits per heavy atom. The Morgan fingerprint density at radius 3 is 2.09 bits per heavy atom. The van der Waals surface area contributed by atoms with E-state index in [1.165, 1.54) is 44.4 Å². The van der Waals surface area contributed by atoms with Gasteiger partial charge in [0.15, 0.2) is 0 Å². The second-order valence-corrected chi connectivity index (χ2v) is 8.39. The first kappa shape index (κ1) is 20.3. The number of aryl methyl sites for hydroxylation is 1. The third kappa shape index (κ3) is 4.37. The van der Waals surface area contributed by atoms with Gasteiger partial charge in [0.1, 0.15) is 0 Å². The highest BCUT2D eigenvalue weighted by molar-refractivity contribution is 5.89. The molecule has 5 rings (SSSR count). The van der Waals surface area contributed by atoms with Gasteiger partial charge in [-0.05, 0) is 53.3 Å². The SMILES string of the molecule is Cc1[nH]c2ccc(-c3ccccc3)cc2c1CC(NCc1ccccc1)c1ccccc1. The number of rotatable bonds is 7. The molecule has 32 heavy (non-hydrogen) atoms. The monoisotopic (exact) mass is 416 g/mol. The maximum Gasteiger partial charge on any atom is 0.0459 e. The Labute approximate surface area is 190 Å². The van der Waals surface area contributed by atoms with E-state index in [-0.39, 0.29) is 6.04 Å². The van der Waals surface area contributed by atoms with Gasteiger partial charge >= 0.3 is 0 Å². The van der Waals surface area contributed by atoms with Crippen molar-refractivity contribution in [1.82, 2.24) is 10.3 Å². The fourth-order valence-electron chi connectivity index (χ4n) is 4.49. The van der Waals surface area contributed by atoms with Gasteiger partial charge in [0.25, 0.3) is 0 Å². The Morgan fingerprint density at radius 1 is 0.719 bits per heavy atom. The van der Waals surface area contributed by atoms with E-state index >= 15 is 0 Å². The standard InChI is InChI=1S/C30H28N2/c1-22-27(28-19-26(17-18-29(28)32-22)24-13-7-3-8-14-24)20-30(25-15-9-4-10-16-25)31-21-23-11-5-2-6-12-23/h2-19,30-32H,20-21H2,1H3. The molecule has 0 amide bonds. The molecule has 0 spiro atoms. The molecule has 1 heterocycles. The molecule has 0 aliphatic rings. The van der Waals surface area contributed by atoms with Gasteiger partial charge in [-0.3, -0.25) is 0 Å². The van der Waals surface area contributed by atoms with Gasteiger partial charge in [0.05, 0.1) is 0 Å². The van der Waals surface area contributed by atoms with E-state index in [0.29, 0.717) is 0 Å². The predicted octanol–water partition coefficient (Wildman–Crippen LogP) is 7.22. The van der Waals surface area contributed by atoms with Crippen LogP contribution < -0.4 is 5.32 Å². The van der Waals surface area contributed by atoms with Crippen molar-refractivity contribution in [2.45, 2.75) is 25.9 Å². The molecule has 1 unspecified atom stereocenters. The van der Waals surface area contributed by atoms with E-state index in [0.717, 1.165) is 13.0 Å². The number of hydrogen-bond donors (Lipinski definition) is 2. The van der Waals surface area contributed by atoms with Gasteiger partial charge in [-0.25, -0.2) is 0 Å². The number of nitrogens with one attached hydrogen (secondary N) is 2. The van der Waals surface area contributed by atoms with Crippen LogP contribution in [0.1, 0.15) is 28.4 Å². The number of H-pyrrole nitrogens is 1. The first-order valence-corrected chi connectivity index (χ1v) is 11.3. The molecule has 158 valence electrons. The van der Waals surface area contributed by atoms with Crippen LogP contribution in [0.15, 0.2) is 109 Å². The Balaban J connectivity index is 1.49. The molecule has 2 N–H and O–H groups in total. The molecule has 1 aromatic heterocycles. The van der Waals surface area contributed by atoms with E-state index in [1.54, 1.807) is 0 Å². The first-order chi connectivity index (χ1) is 15.8. The maximum atomic E-state index is 3.81. The van der Waals surface area contributed by atoms with Crippen molar-refractivity contribution in [2.24, 2.45) is 0 Å². The minimum Gasteiger partial charge on any atom is -0.358 e. The summed E-state index contributed by atoms with van der Waals surface area (Å²) in [7, 11) is 0. The topological polar surface area (TPSA) is 27.8 Å². The van der Waals surface area contributed by atoms with Crippen molar-refractivity contribution in [1.29, 1.82) is 0 Å². The fourth-order valence-corrected chi connectivity index (χ4v) is 4.49. The van der Waals surface area contributed by atoms with E-state index < -0.39 is 0 Å². The molecule has 1 atom stereocenters. The van der Waals surface area contributed by atoms with Crippen molar-refractivity contribution >= 4 is 10.9 Å². The van der Waals surface area contributed by atoms with Crippen molar-refractivity contribution in [3.63, 3.8) is 0 Å². The number of hydrogen-bond acceptors (Lipinski definition) is 1. The van der Waals surface area contributed by atoms with Crippen molar-refractivity contribution in [3.05, 3.63) is 132 Å². The van der Waals surface area contributed by atoms with Crippen LogP contribution in [0.4, 0.5) is 0 Å². The highest BCUT2D eigenvalue weighted by Gasteiger charge is 2.17. The van der Waals surface area contributed by atoms with Gasteiger partial charge in [0.2, 0.25) is 0 Å². The lowest BCUT2D eigenvalue weighted by atomic mass is 9.95.